The molecule has 3 atom stereocenters. The smallest absolute Gasteiger partial charge is 0.145 e. The van der Waals surface area contributed by atoms with Gasteiger partial charge in [-0.25, -0.2) is 4.98 Å². The Bertz CT molecular complexity index is 3070. The zero-order chi connectivity index (χ0) is 38.0. The molecule has 4 aliphatic carbocycles. The molecule has 0 fully saturated rings. The van der Waals surface area contributed by atoms with Crippen LogP contribution < -0.4 is 10.4 Å². The number of hydrogen-bond donors (Lipinski definition) is 0. The lowest BCUT2D eigenvalue weighted by Crippen LogP contribution is -2.39. The Hall–Kier alpha value is -6.51. The standard InChI is InChI=1S/C55H44N2/c1-35-19-30-50-51(31-35)57(46-16-4-3-5-17-46)55(56-50)40-24-20-39(21-25-40)43-28-29-47-49(34-43)54(45-27-23-38-13-7-9-15-42(38)33-45)52-36(2)11-10-18-48(52)53(47)44-26-22-37-12-6-8-14-41(37)32-44/h4,6-30,32-36,52H,3,5,31H2,1-2H3. The average Bonchev–Trinajstić information content (AvgIpc) is 3.64. The number of rotatable bonds is 5. The first-order valence-electron chi connectivity index (χ1n) is 20.6. The minimum atomic E-state index is 0.215. The molecular formula is C55H44N2. The molecule has 274 valence electrons. The lowest BCUT2D eigenvalue weighted by atomic mass is 9.68. The van der Waals surface area contributed by atoms with Crippen LogP contribution in [0, 0.1) is 17.8 Å². The van der Waals surface area contributed by atoms with E-state index < -0.39 is 0 Å². The first-order chi connectivity index (χ1) is 28.1. The number of fused-ring (bicyclic) bond motifs is 5. The van der Waals surface area contributed by atoms with Crippen LogP contribution in [0.2, 0.25) is 0 Å². The molecule has 7 aromatic rings. The molecular weight excluding hydrogens is 689 g/mol. The van der Waals surface area contributed by atoms with Crippen LogP contribution in [0.4, 0.5) is 0 Å². The summed E-state index contributed by atoms with van der Waals surface area (Å²) in [4.78, 5) is 5.24. The van der Waals surface area contributed by atoms with E-state index in [0.717, 1.165) is 36.3 Å². The van der Waals surface area contributed by atoms with Crippen molar-refractivity contribution in [3.63, 3.8) is 0 Å². The van der Waals surface area contributed by atoms with Gasteiger partial charge in [-0.2, -0.15) is 0 Å². The minimum Gasteiger partial charge on any atom is -0.296 e. The van der Waals surface area contributed by atoms with Gasteiger partial charge in [0.15, 0.2) is 0 Å². The Balaban J connectivity index is 1.12. The van der Waals surface area contributed by atoms with Gasteiger partial charge in [0.2, 0.25) is 0 Å². The van der Waals surface area contributed by atoms with Crippen molar-refractivity contribution in [1.82, 2.24) is 9.55 Å². The molecule has 0 bridgehead atoms. The summed E-state index contributed by atoms with van der Waals surface area (Å²) in [5.41, 5.74) is 13.9. The van der Waals surface area contributed by atoms with Crippen LogP contribution in [0.5, 0.6) is 0 Å². The summed E-state index contributed by atoms with van der Waals surface area (Å²) < 4.78 is 2.42. The van der Waals surface area contributed by atoms with Gasteiger partial charge >= 0.3 is 0 Å². The van der Waals surface area contributed by atoms with Crippen molar-refractivity contribution in [2.24, 2.45) is 17.8 Å². The Kier molecular flexibility index (Phi) is 8.07. The number of nitrogens with zero attached hydrogens (tertiary/aromatic N) is 2. The highest BCUT2D eigenvalue weighted by Gasteiger charge is 2.33. The van der Waals surface area contributed by atoms with Gasteiger partial charge in [-0.1, -0.05) is 159 Å². The van der Waals surface area contributed by atoms with E-state index in [2.05, 4.69) is 194 Å². The van der Waals surface area contributed by atoms with Crippen LogP contribution in [0.1, 0.15) is 49.2 Å². The fraction of sp³-hybridized carbons (Fsp3) is 0.145. The van der Waals surface area contributed by atoms with E-state index in [1.807, 2.05) is 0 Å². The van der Waals surface area contributed by atoms with Crippen LogP contribution in [0.15, 0.2) is 175 Å². The lowest BCUT2D eigenvalue weighted by Gasteiger charge is -2.35. The average molecular weight is 733 g/mol. The van der Waals surface area contributed by atoms with Crippen molar-refractivity contribution in [2.75, 3.05) is 0 Å². The highest BCUT2D eigenvalue weighted by Crippen LogP contribution is 2.44. The van der Waals surface area contributed by atoms with E-state index in [1.54, 1.807) is 0 Å². The summed E-state index contributed by atoms with van der Waals surface area (Å²) >= 11 is 0. The quantitative estimate of drug-likeness (QED) is 0.172. The summed E-state index contributed by atoms with van der Waals surface area (Å²) in [6.45, 7) is 4.68. The largest absolute Gasteiger partial charge is 0.296 e. The maximum atomic E-state index is 5.24. The summed E-state index contributed by atoms with van der Waals surface area (Å²) in [5.74, 6) is 2.07. The number of allylic oxidation sites excluding steroid dienone is 9. The molecule has 0 spiro atoms. The van der Waals surface area contributed by atoms with Gasteiger partial charge in [-0.05, 0) is 132 Å². The molecule has 0 radical (unpaired) electrons. The van der Waals surface area contributed by atoms with Crippen molar-refractivity contribution in [3.05, 3.63) is 208 Å². The number of hydrogen-bond acceptors (Lipinski definition) is 1. The highest BCUT2D eigenvalue weighted by atomic mass is 15.1. The van der Waals surface area contributed by atoms with Crippen molar-refractivity contribution in [2.45, 2.75) is 33.1 Å². The molecule has 0 N–H and O–H groups in total. The summed E-state index contributed by atoms with van der Waals surface area (Å²) in [5, 5.41) is 7.69. The van der Waals surface area contributed by atoms with Crippen molar-refractivity contribution < 1.29 is 0 Å². The van der Waals surface area contributed by atoms with Crippen LogP contribution in [0.3, 0.4) is 0 Å². The van der Waals surface area contributed by atoms with Gasteiger partial charge in [0.1, 0.15) is 5.82 Å². The van der Waals surface area contributed by atoms with Crippen molar-refractivity contribution >= 4 is 44.5 Å². The number of imidazole rings is 1. The van der Waals surface area contributed by atoms with Gasteiger partial charge in [-0.15, -0.1) is 0 Å². The van der Waals surface area contributed by atoms with Gasteiger partial charge in [0, 0.05) is 17.2 Å². The predicted octanol–water partition coefficient (Wildman–Crippen LogP) is 12.1. The third-order valence-corrected chi connectivity index (χ3v) is 12.6. The second kappa shape index (κ2) is 13.6. The number of benzene rings is 6. The van der Waals surface area contributed by atoms with Crippen LogP contribution in [0.25, 0.3) is 67.0 Å². The molecule has 0 aliphatic heterocycles. The Morgan fingerprint density at radius 2 is 1.28 bits per heavy atom. The first kappa shape index (κ1) is 33.8. The number of aromatic nitrogens is 2. The van der Waals surface area contributed by atoms with E-state index in [4.69, 9.17) is 4.98 Å². The molecule has 1 heterocycles. The summed E-state index contributed by atoms with van der Waals surface area (Å²) in [6.07, 6.45) is 21.6. The van der Waals surface area contributed by atoms with E-state index in [0.29, 0.717) is 11.8 Å². The van der Waals surface area contributed by atoms with Crippen LogP contribution in [-0.4, -0.2) is 9.55 Å². The third kappa shape index (κ3) is 5.74. The van der Waals surface area contributed by atoms with Gasteiger partial charge in [0.05, 0.1) is 11.4 Å². The van der Waals surface area contributed by atoms with Crippen LogP contribution >= 0.6 is 0 Å². The van der Waals surface area contributed by atoms with Gasteiger partial charge < -0.3 is 0 Å². The summed E-state index contributed by atoms with van der Waals surface area (Å²) in [7, 11) is 0. The molecule has 0 amide bonds. The lowest BCUT2D eigenvalue weighted by molar-refractivity contribution is 0.597. The van der Waals surface area contributed by atoms with Gasteiger partial charge in [-0.3, -0.25) is 4.57 Å². The Morgan fingerprint density at radius 3 is 2.04 bits per heavy atom. The second-order valence-electron chi connectivity index (χ2n) is 16.3. The molecule has 3 unspecified atom stereocenters. The monoisotopic (exact) mass is 732 g/mol. The minimum absolute atomic E-state index is 0.215. The van der Waals surface area contributed by atoms with Crippen LogP contribution in [-0.2, 0) is 6.42 Å². The van der Waals surface area contributed by atoms with E-state index in [1.165, 1.54) is 82.3 Å². The third-order valence-electron chi connectivity index (χ3n) is 12.6. The topological polar surface area (TPSA) is 17.8 Å². The van der Waals surface area contributed by atoms with E-state index >= 15 is 0 Å². The normalized spacial score (nSPS) is 19.6. The second-order valence-corrected chi connectivity index (χ2v) is 16.3. The zero-order valence-corrected chi connectivity index (χ0v) is 32.5. The Labute approximate surface area is 334 Å². The SMILES string of the molecule is CC1C=Cc2nc(-c3ccc(-c4ccc5c(c4)=C(c4ccc6ccccc6c4)C4C(=CC=CC4C)C=5c4ccc5ccccc5c4)cc3)n(C3=CCCC=C3)c2C1. The van der Waals surface area contributed by atoms with Crippen molar-refractivity contribution in [1.29, 1.82) is 0 Å². The molecule has 2 nitrogen and oxygen atoms in total. The molecule has 0 saturated heterocycles. The van der Waals surface area contributed by atoms with E-state index in [9.17, 15) is 0 Å². The molecule has 2 heteroatoms. The molecule has 11 rings (SSSR count). The van der Waals surface area contributed by atoms with E-state index in [-0.39, 0.29) is 5.92 Å². The maximum absolute atomic E-state index is 5.24. The predicted molar refractivity (Wildman–Crippen MR) is 240 cm³/mol. The zero-order valence-electron chi connectivity index (χ0n) is 32.5. The van der Waals surface area contributed by atoms with Crippen molar-refractivity contribution in [3.8, 4) is 22.5 Å². The molecule has 1 aromatic heterocycles. The molecule has 6 aromatic carbocycles. The summed E-state index contributed by atoms with van der Waals surface area (Å²) in [6, 6.07) is 47.8. The highest BCUT2D eigenvalue weighted by molar-refractivity contribution is 5.95. The molecule has 4 aliphatic rings. The molecule has 57 heavy (non-hydrogen) atoms. The Morgan fingerprint density at radius 1 is 0.596 bits per heavy atom. The molecule has 0 saturated carbocycles. The fourth-order valence-corrected chi connectivity index (χ4v) is 9.81. The maximum Gasteiger partial charge on any atom is 0.145 e. The first-order valence-corrected chi connectivity index (χ1v) is 20.6. The van der Waals surface area contributed by atoms with Gasteiger partial charge in [0.25, 0.3) is 0 Å². The fourth-order valence-electron chi connectivity index (χ4n) is 9.81.